The van der Waals surface area contributed by atoms with Crippen molar-refractivity contribution in [1.29, 1.82) is 5.26 Å². The summed E-state index contributed by atoms with van der Waals surface area (Å²) >= 11 is 0. The lowest BCUT2D eigenvalue weighted by molar-refractivity contribution is 0.372. The second kappa shape index (κ2) is 4.66. The topological polar surface area (TPSA) is 50.8 Å². The number of aryl methyl sites for hydroxylation is 2. The number of methoxy groups -OCH3 is 1. The molecule has 0 aromatic carbocycles. The zero-order valence-electron chi connectivity index (χ0n) is 8.87. The van der Waals surface area contributed by atoms with Crippen LogP contribution in [0.25, 0.3) is 0 Å². The van der Waals surface area contributed by atoms with Gasteiger partial charge in [0, 0.05) is 7.05 Å². The Hall–Kier alpha value is -1.50. The maximum Gasteiger partial charge on any atom is 0.229 e. The van der Waals surface area contributed by atoms with E-state index in [2.05, 4.69) is 18.1 Å². The Balaban J connectivity index is 3.00. The van der Waals surface area contributed by atoms with Crippen molar-refractivity contribution in [3.8, 4) is 11.9 Å². The minimum atomic E-state index is 0.554. The molecule has 0 unspecified atom stereocenters. The van der Waals surface area contributed by atoms with Gasteiger partial charge < -0.3 is 4.74 Å². The molecule has 1 heterocycles. The Kier molecular flexibility index (Phi) is 3.52. The van der Waals surface area contributed by atoms with Gasteiger partial charge in [-0.1, -0.05) is 13.3 Å². The van der Waals surface area contributed by atoms with E-state index in [-0.39, 0.29) is 0 Å². The highest BCUT2D eigenvalue weighted by atomic mass is 16.5. The zero-order valence-corrected chi connectivity index (χ0v) is 8.87. The second-order valence-electron chi connectivity index (χ2n) is 3.17. The monoisotopic (exact) mass is 193 g/mol. The first-order valence-electron chi connectivity index (χ1n) is 4.74. The summed E-state index contributed by atoms with van der Waals surface area (Å²) in [5.41, 5.74) is 1.41. The standard InChI is InChI=1S/C10H15N3O/c1-4-5-6-9-8(7-11)10(14-3)13(2)12-9/h4-6H2,1-3H3. The minimum absolute atomic E-state index is 0.554. The lowest BCUT2D eigenvalue weighted by Crippen LogP contribution is -1.95. The van der Waals surface area contributed by atoms with E-state index in [1.807, 2.05) is 0 Å². The van der Waals surface area contributed by atoms with Crippen LogP contribution in [0.1, 0.15) is 31.0 Å². The Morgan fingerprint density at radius 1 is 1.57 bits per heavy atom. The number of aromatic nitrogens is 2. The third-order valence-electron chi connectivity index (χ3n) is 2.14. The molecular weight excluding hydrogens is 178 g/mol. The fraction of sp³-hybridized carbons (Fsp3) is 0.600. The molecule has 1 rings (SSSR count). The summed E-state index contributed by atoms with van der Waals surface area (Å²) < 4.78 is 6.72. The van der Waals surface area contributed by atoms with Crippen molar-refractivity contribution in [1.82, 2.24) is 9.78 Å². The number of nitriles is 1. The van der Waals surface area contributed by atoms with Gasteiger partial charge in [-0.3, -0.25) is 0 Å². The Morgan fingerprint density at radius 3 is 2.79 bits per heavy atom. The fourth-order valence-corrected chi connectivity index (χ4v) is 1.43. The third kappa shape index (κ3) is 1.87. The molecule has 0 aliphatic rings. The number of nitrogens with zero attached hydrogens (tertiary/aromatic N) is 3. The average Bonchev–Trinajstić information content (AvgIpc) is 2.50. The summed E-state index contributed by atoms with van der Waals surface area (Å²) in [5.74, 6) is 0.554. The molecule has 0 bridgehead atoms. The van der Waals surface area contributed by atoms with Crippen molar-refractivity contribution in [2.45, 2.75) is 26.2 Å². The van der Waals surface area contributed by atoms with Gasteiger partial charge in [-0.2, -0.15) is 10.4 Å². The molecule has 0 fully saturated rings. The van der Waals surface area contributed by atoms with E-state index in [0.717, 1.165) is 25.0 Å². The highest BCUT2D eigenvalue weighted by molar-refractivity contribution is 5.42. The molecule has 76 valence electrons. The molecule has 1 aromatic heterocycles. The molecule has 0 saturated heterocycles. The lowest BCUT2D eigenvalue weighted by atomic mass is 10.1. The Morgan fingerprint density at radius 2 is 2.29 bits per heavy atom. The van der Waals surface area contributed by atoms with Gasteiger partial charge in [-0.15, -0.1) is 0 Å². The first kappa shape index (κ1) is 10.6. The lowest BCUT2D eigenvalue weighted by Gasteiger charge is -1.97. The van der Waals surface area contributed by atoms with E-state index in [0.29, 0.717) is 11.4 Å². The van der Waals surface area contributed by atoms with Crippen molar-refractivity contribution in [3.63, 3.8) is 0 Å². The maximum atomic E-state index is 8.96. The van der Waals surface area contributed by atoms with Crippen LogP contribution < -0.4 is 4.74 Å². The fourth-order valence-electron chi connectivity index (χ4n) is 1.43. The first-order chi connectivity index (χ1) is 6.74. The molecule has 0 aliphatic heterocycles. The Bertz CT molecular complexity index is 349. The van der Waals surface area contributed by atoms with Crippen molar-refractivity contribution < 1.29 is 4.74 Å². The molecule has 0 radical (unpaired) electrons. The van der Waals surface area contributed by atoms with E-state index < -0.39 is 0 Å². The smallest absolute Gasteiger partial charge is 0.229 e. The van der Waals surface area contributed by atoms with Gasteiger partial charge in [0.2, 0.25) is 5.88 Å². The van der Waals surface area contributed by atoms with Gasteiger partial charge in [-0.25, -0.2) is 4.68 Å². The van der Waals surface area contributed by atoms with Crippen LogP contribution in [-0.4, -0.2) is 16.9 Å². The normalized spacial score (nSPS) is 9.86. The number of hydrogen-bond acceptors (Lipinski definition) is 3. The average molecular weight is 193 g/mol. The summed E-state index contributed by atoms with van der Waals surface area (Å²) in [4.78, 5) is 0. The number of unbranched alkanes of at least 4 members (excludes halogenated alkanes) is 1. The zero-order chi connectivity index (χ0) is 10.6. The van der Waals surface area contributed by atoms with E-state index in [9.17, 15) is 0 Å². The van der Waals surface area contributed by atoms with Crippen LogP contribution in [-0.2, 0) is 13.5 Å². The molecule has 4 heteroatoms. The number of rotatable bonds is 4. The van der Waals surface area contributed by atoms with Gasteiger partial charge in [0.1, 0.15) is 11.6 Å². The van der Waals surface area contributed by atoms with Crippen LogP contribution in [0, 0.1) is 11.3 Å². The highest BCUT2D eigenvalue weighted by Gasteiger charge is 2.15. The van der Waals surface area contributed by atoms with Gasteiger partial charge in [-0.05, 0) is 12.8 Å². The maximum absolute atomic E-state index is 8.96. The van der Waals surface area contributed by atoms with Crippen molar-refractivity contribution in [2.24, 2.45) is 7.05 Å². The van der Waals surface area contributed by atoms with Crippen molar-refractivity contribution >= 4 is 0 Å². The molecule has 0 spiro atoms. The largest absolute Gasteiger partial charge is 0.480 e. The molecule has 0 aliphatic carbocycles. The molecule has 14 heavy (non-hydrogen) atoms. The van der Waals surface area contributed by atoms with Gasteiger partial charge >= 0.3 is 0 Å². The second-order valence-corrected chi connectivity index (χ2v) is 3.17. The summed E-state index contributed by atoms with van der Waals surface area (Å²) in [6, 6.07) is 2.14. The molecular formula is C10H15N3O. The van der Waals surface area contributed by atoms with Crippen LogP contribution in [0.2, 0.25) is 0 Å². The number of ether oxygens (including phenoxy) is 1. The SMILES string of the molecule is CCCCc1nn(C)c(OC)c1C#N. The minimum Gasteiger partial charge on any atom is -0.480 e. The summed E-state index contributed by atoms with van der Waals surface area (Å²) in [5, 5.41) is 13.2. The van der Waals surface area contributed by atoms with E-state index in [1.165, 1.54) is 0 Å². The van der Waals surface area contributed by atoms with Gasteiger partial charge in [0.15, 0.2) is 0 Å². The number of hydrogen-bond donors (Lipinski definition) is 0. The van der Waals surface area contributed by atoms with Gasteiger partial charge in [0.05, 0.1) is 12.8 Å². The predicted octanol–water partition coefficient (Wildman–Crippen LogP) is 1.64. The van der Waals surface area contributed by atoms with Crippen LogP contribution in [0.3, 0.4) is 0 Å². The van der Waals surface area contributed by atoms with Gasteiger partial charge in [0.25, 0.3) is 0 Å². The van der Waals surface area contributed by atoms with E-state index >= 15 is 0 Å². The first-order valence-corrected chi connectivity index (χ1v) is 4.74. The molecule has 0 N–H and O–H groups in total. The van der Waals surface area contributed by atoms with Crippen LogP contribution >= 0.6 is 0 Å². The van der Waals surface area contributed by atoms with Crippen LogP contribution in [0.15, 0.2) is 0 Å². The highest BCUT2D eigenvalue weighted by Crippen LogP contribution is 2.21. The summed E-state index contributed by atoms with van der Waals surface area (Å²) in [7, 11) is 3.34. The van der Waals surface area contributed by atoms with Crippen LogP contribution in [0.5, 0.6) is 5.88 Å². The molecule has 4 nitrogen and oxygen atoms in total. The van der Waals surface area contributed by atoms with Crippen LogP contribution in [0.4, 0.5) is 0 Å². The molecule has 1 aromatic rings. The Labute approximate surface area is 84.1 Å². The van der Waals surface area contributed by atoms with E-state index in [4.69, 9.17) is 10.00 Å². The third-order valence-corrected chi connectivity index (χ3v) is 2.14. The predicted molar refractivity (Wildman–Crippen MR) is 53.1 cm³/mol. The van der Waals surface area contributed by atoms with E-state index in [1.54, 1.807) is 18.8 Å². The van der Waals surface area contributed by atoms with Crippen molar-refractivity contribution in [2.75, 3.05) is 7.11 Å². The molecule has 0 atom stereocenters. The summed E-state index contributed by atoms with van der Waals surface area (Å²) in [6.45, 7) is 2.12. The summed E-state index contributed by atoms with van der Waals surface area (Å²) in [6.07, 6.45) is 3.00. The quantitative estimate of drug-likeness (QED) is 0.730. The van der Waals surface area contributed by atoms with Crippen molar-refractivity contribution in [3.05, 3.63) is 11.3 Å². The molecule has 0 amide bonds. The molecule has 0 saturated carbocycles.